The predicted molar refractivity (Wildman–Crippen MR) is 108 cm³/mol. The van der Waals surface area contributed by atoms with Crippen LogP contribution in [0.5, 0.6) is 5.75 Å². The number of nitrogens with zero attached hydrogens (tertiary/aromatic N) is 1. The number of allylic oxidation sites excluding steroid dienone is 2. The molecule has 0 fully saturated rings. The van der Waals surface area contributed by atoms with E-state index in [-0.39, 0.29) is 23.6 Å². The van der Waals surface area contributed by atoms with Gasteiger partial charge >= 0.3 is 5.97 Å². The van der Waals surface area contributed by atoms with E-state index in [9.17, 15) is 10.1 Å². The van der Waals surface area contributed by atoms with E-state index in [2.05, 4.69) is 44.5 Å². The van der Waals surface area contributed by atoms with E-state index < -0.39 is 11.9 Å². The quantitative estimate of drug-likeness (QED) is 0.461. The molecule has 0 radical (unpaired) electrons. The third-order valence-corrected chi connectivity index (χ3v) is 4.98. The lowest BCUT2D eigenvalue weighted by molar-refractivity contribution is -0.139. The molecule has 27 heavy (non-hydrogen) atoms. The summed E-state index contributed by atoms with van der Waals surface area (Å²) in [5.74, 6) is -0.427. The first-order valence-corrected chi connectivity index (χ1v) is 9.62. The average Bonchev–Trinajstić information content (AvgIpc) is 2.60. The predicted octanol–water partition coefficient (Wildman–Crippen LogP) is 4.42. The van der Waals surface area contributed by atoms with Gasteiger partial charge in [-0.3, -0.25) is 0 Å². The molecule has 0 aliphatic carbocycles. The van der Waals surface area contributed by atoms with Crippen LogP contribution in [0, 0.1) is 11.3 Å². The third-order valence-electron chi connectivity index (χ3n) is 3.80. The van der Waals surface area contributed by atoms with Crippen LogP contribution in [-0.4, -0.2) is 19.2 Å². The molecule has 1 aromatic carbocycles. The van der Waals surface area contributed by atoms with Gasteiger partial charge in [0.05, 0.1) is 27.0 Å². The number of esters is 1. The van der Waals surface area contributed by atoms with Crippen molar-refractivity contribution >= 4 is 37.8 Å². The van der Waals surface area contributed by atoms with Crippen molar-refractivity contribution in [2.75, 3.05) is 13.2 Å². The number of halogens is 2. The molecule has 1 aliphatic rings. The van der Waals surface area contributed by atoms with Crippen molar-refractivity contribution < 1.29 is 19.0 Å². The highest BCUT2D eigenvalue weighted by Crippen LogP contribution is 2.44. The molecule has 142 valence electrons. The van der Waals surface area contributed by atoms with Crippen molar-refractivity contribution in [3.8, 4) is 11.8 Å². The standard InChI is InChI=1S/C19H18Br2N2O4/c1-4-6-26-17-13(20)7-11(8-14(17)21)16-12(9-22)18(23)27-10(3)15(16)19(24)25-5-2/h4,7-8,16H,1,5-6,23H2,2-3H3/t16-/m0/s1. The highest BCUT2D eigenvalue weighted by atomic mass is 79.9. The molecule has 0 bridgehead atoms. The number of hydrogen-bond acceptors (Lipinski definition) is 6. The van der Waals surface area contributed by atoms with E-state index in [1.807, 2.05) is 0 Å². The van der Waals surface area contributed by atoms with Gasteiger partial charge < -0.3 is 19.9 Å². The molecule has 1 atom stereocenters. The number of ether oxygens (including phenoxy) is 3. The summed E-state index contributed by atoms with van der Waals surface area (Å²) in [6.45, 7) is 7.48. The van der Waals surface area contributed by atoms with Crippen LogP contribution in [-0.2, 0) is 14.3 Å². The van der Waals surface area contributed by atoms with E-state index in [1.165, 1.54) is 0 Å². The lowest BCUT2D eigenvalue weighted by atomic mass is 9.83. The molecule has 0 spiro atoms. The van der Waals surface area contributed by atoms with E-state index in [0.29, 0.717) is 32.6 Å². The van der Waals surface area contributed by atoms with Crippen molar-refractivity contribution in [3.63, 3.8) is 0 Å². The second-order valence-corrected chi connectivity index (χ2v) is 7.24. The Balaban J connectivity index is 2.63. The molecule has 6 nitrogen and oxygen atoms in total. The zero-order valence-corrected chi connectivity index (χ0v) is 18.0. The van der Waals surface area contributed by atoms with Crippen LogP contribution in [0.1, 0.15) is 25.3 Å². The van der Waals surface area contributed by atoms with E-state index in [4.69, 9.17) is 19.9 Å². The summed E-state index contributed by atoms with van der Waals surface area (Å²) < 4.78 is 17.5. The summed E-state index contributed by atoms with van der Waals surface area (Å²) in [5, 5.41) is 9.62. The second kappa shape index (κ2) is 9.11. The van der Waals surface area contributed by atoms with Gasteiger partial charge in [0.25, 0.3) is 0 Å². The molecule has 1 aromatic rings. The highest BCUT2D eigenvalue weighted by Gasteiger charge is 2.36. The first-order chi connectivity index (χ1) is 12.8. The first-order valence-electron chi connectivity index (χ1n) is 8.03. The number of hydrogen-bond donors (Lipinski definition) is 1. The Kier molecular flexibility index (Phi) is 7.11. The maximum Gasteiger partial charge on any atom is 0.338 e. The maximum absolute atomic E-state index is 12.5. The minimum Gasteiger partial charge on any atom is -0.487 e. The average molecular weight is 498 g/mol. The van der Waals surface area contributed by atoms with Gasteiger partial charge in [-0.05, 0) is 63.4 Å². The van der Waals surface area contributed by atoms with Gasteiger partial charge in [-0.2, -0.15) is 5.26 Å². The minimum absolute atomic E-state index is 0.0349. The van der Waals surface area contributed by atoms with Crippen molar-refractivity contribution in [2.45, 2.75) is 19.8 Å². The Morgan fingerprint density at radius 2 is 2.07 bits per heavy atom. The number of benzene rings is 1. The summed E-state index contributed by atoms with van der Waals surface area (Å²) in [6, 6.07) is 5.60. The monoisotopic (exact) mass is 496 g/mol. The van der Waals surface area contributed by atoms with E-state index in [1.54, 1.807) is 32.1 Å². The summed E-state index contributed by atoms with van der Waals surface area (Å²) in [6.07, 6.45) is 1.63. The largest absolute Gasteiger partial charge is 0.487 e. The van der Waals surface area contributed by atoms with Crippen LogP contribution >= 0.6 is 31.9 Å². The maximum atomic E-state index is 12.5. The second-order valence-electron chi connectivity index (χ2n) is 5.53. The van der Waals surface area contributed by atoms with Crippen LogP contribution in [0.15, 0.2) is 56.5 Å². The first kappa shape index (κ1) is 21.1. The normalized spacial score (nSPS) is 16.5. The van der Waals surface area contributed by atoms with Gasteiger partial charge in [0.15, 0.2) is 0 Å². The molecule has 0 amide bonds. The molecular weight excluding hydrogens is 480 g/mol. The summed E-state index contributed by atoms with van der Waals surface area (Å²) in [7, 11) is 0. The van der Waals surface area contributed by atoms with Crippen LogP contribution < -0.4 is 10.5 Å². The lowest BCUT2D eigenvalue weighted by Crippen LogP contribution is -2.25. The number of nitriles is 1. The zero-order chi connectivity index (χ0) is 20.1. The number of nitrogens with two attached hydrogens (primary N) is 1. The fourth-order valence-electron chi connectivity index (χ4n) is 2.71. The molecule has 0 saturated carbocycles. The third kappa shape index (κ3) is 4.37. The Morgan fingerprint density at radius 1 is 1.44 bits per heavy atom. The van der Waals surface area contributed by atoms with Crippen LogP contribution in [0.25, 0.3) is 0 Å². The fraction of sp³-hybridized carbons (Fsp3) is 0.263. The number of carbonyl (C=O) groups excluding carboxylic acids is 1. The summed E-state index contributed by atoms with van der Waals surface area (Å²) in [5.41, 5.74) is 6.94. The van der Waals surface area contributed by atoms with Crippen LogP contribution in [0.3, 0.4) is 0 Å². The van der Waals surface area contributed by atoms with Crippen molar-refractivity contribution in [1.82, 2.24) is 0 Å². The number of carbonyl (C=O) groups is 1. The molecular formula is C19H18Br2N2O4. The van der Waals surface area contributed by atoms with Gasteiger partial charge in [0, 0.05) is 0 Å². The zero-order valence-electron chi connectivity index (χ0n) is 14.8. The Bertz CT molecular complexity index is 861. The molecule has 2 rings (SSSR count). The number of rotatable bonds is 6. The van der Waals surface area contributed by atoms with Gasteiger partial charge in [-0.25, -0.2) is 4.79 Å². The molecule has 8 heteroatoms. The van der Waals surface area contributed by atoms with Gasteiger partial charge in [0.2, 0.25) is 5.88 Å². The highest BCUT2D eigenvalue weighted by molar-refractivity contribution is 9.11. The Hall–Kier alpha value is -2.24. The topological polar surface area (TPSA) is 94.6 Å². The van der Waals surface area contributed by atoms with Crippen molar-refractivity contribution in [1.29, 1.82) is 5.26 Å². The van der Waals surface area contributed by atoms with Gasteiger partial charge in [-0.1, -0.05) is 12.7 Å². The molecule has 0 saturated heterocycles. The summed E-state index contributed by atoms with van der Waals surface area (Å²) in [4.78, 5) is 12.5. The Labute approximate surface area is 174 Å². The van der Waals surface area contributed by atoms with Crippen LogP contribution in [0.2, 0.25) is 0 Å². The van der Waals surface area contributed by atoms with E-state index >= 15 is 0 Å². The Morgan fingerprint density at radius 3 is 2.59 bits per heavy atom. The molecule has 2 N–H and O–H groups in total. The smallest absolute Gasteiger partial charge is 0.338 e. The lowest BCUT2D eigenvalue weighted by Gasteiger charge is -2.27. The molecule has 0 unspecified atom stereocenters. The van der Waals surface area contributed by atoms with Crippen LogP contribution in [0.4, 0.5) is 0 Å². The molecule has 1 heterocycles. The summed E-state index contributed by atoms with van der Waals surface area (Å²) >= 11 is 6.94. The van der Waals surface area contributed by atoms with Gasteiger partial charge in [-0.15, -0.1) is 0 Å². The van der Waals surface area contributed by atoms with Crippen molar-refractivity contribution in [2.24, 2.45) is 5.73 Å². The fourth-order valence-corrected chi connectivity index (χ4v) is 4.17. The minimum atomic E-state index is -0.719. The van der Waals surface area contributed by atoms with Crippen molar-refractivity contribution in [3.05, 3.63) is 62.1 Å². The van der Waals surface area contributed by atoms with Gasteiger partial charge in [0.1, 0.15) is 29.8 Å². The molecule has 0 aromatic heterocycles. The SMILES string of the molecule is C=CCOc1c(Br)cc([C@H]2C(C#N)=C(N)OC(C)=C2C(=O)OCC)cc1Br. The molecule has 1 aliphatic heterocycles. The van der Waals surface area contributed by atoms with E-state index in [0.717, 1.165) is 0 Å².